The molecule has 0 amide bonds. The molecule has 0 aliphatic carbocycles. The number of methoxy groups -OCH3 is 1. The third-order valence-electron chi connectivity index (χ3n) is 2.67. The van der Waals surface area contributed by atoms with Crippen LogP contribution in [0.25, 0.3) is 0 Å². The molecule has 3 N–H and O–H groups in total. The second kappa shape index (κ2) is 4.95. The Hall–Kier alpha value is -0.910. The maximum Gasteiger partial charge on any atom is 0.0828 e. The van der Waals surface area contributed by atoms with E-state index in [0.717, 1.165) is 5.56 Å². The Balaban J connectivity index is 2.96. The van der Waals surface area contributed by atoms with Crippen molar-refractivity contribution in [2.24, 2.45) is 18.3 Å². The zero-order chi connectivity index (χ0) is 12.3. The Bertz CT molecular complexity index is 329. The number of rotatable bonds is 4. The molecule has 0 spiro atoms. The molecule has 1 rings (SSSR count). The molecule has 2 unspecified atom stereocenters. The smallest absolute Gasteiger partial charge is 0.0828 e. The molecule has 5 heteroatoms. The minimum absolute atomic E-state index is 0.00162. The van der Waals surface area contributed by atoms with Crippen molar-refractivity contribution in [1.82, 2.24) is 15.2 Å². The first-order valence-corrected chi connectivity index (χ1v) is 5.37. The molecule has 2 atom stereocenters. The van der Waals surface area contributed by atoms with Crippen molar-refractivity contribution in [2.45, 2.75) is 32.9 Å². The maximum atomic E-state index is 5.62. The number of hydrazine groups is 1. The molecule has 92 valence electrons. The largest absolute Gasteiger partial charge is 0.379 e. The zero-order valence-electron chi connectivity index (χ0n) is 10.7. The van der Waals surface area contributed by atoms with Gasteiger partial charge in [0, 0.05) is 25.9 Å². The fourth-order valence-corrected chi connectivity index (χ4v) is 1.95. The molecule has 5 nitrogen and oxygen atoms in total. The van der Waals surface area contributed by atoms with Crippen LogP contribution in [-0.2, 0) is 11.8 Å². The molecule has 0 aliphatic heterocycles. The number of aryl methyl sites for hydroxylation is 1. The molecule has 0 fully saturated rings. The van der Waals surface area contributed by atoms with Gasteiger partial charge in [-0.05, 0) is 5.41 Å². The van der Waals surface area contributed by atoms with Crippen LogP contribution in [0.4, 0.5) is 0 Å². The van der Waals surface area contributed by atoms with Crippen LogP contribution in [0.2, 0.25) is 0 Å². The van der Waals surface area contributed by atoms with Crippen LogP contribution in [0.5, 0.6) is 0 Å². The van der Waals surface area contributed by atoms with Gasteiger partial charge in [-0.3, -0.25) is 16.0 Å². The first-order chi connectivity index (χ1) is 7.40. The van der Waals surface area contributed by atoms with E-state index in [1.54, 1.807) is 11.8 Å². The van der Waals surface area contributed by atoms with Crippen molar-refractivity contribution >= 4 is 0 Å². The second-order valence-electron chi connectivity index (χ2n) is 5.11. The lowest BCUT2D eigenvalue weighted by atomic mass is 9.83. The summed E-state index contributed by atoms with van der Waals surface area (Å²) in [6, 6.07) is -0.0568. The Kier molecular flexibility index (Phi) is 4.07. The van der Waals surface area contributed by atoms with Gasteiger partial charge >= 0.3 is 0 Å². The van der Waals surface area contributed by atoms with E-state index in [9.17, 15) is 0 Å². The second-order valence-corrected chi connectivity index (χ2v) is 5.11. The van der Waals surface area contributed by atoms with Gasteiger partial charge in [0.25, 0.3) is 0 Å². The lowest BCUT2D eigenvalue weighted by Gasteiger charge is -2.35. The number of hydrogen-bond donors (Lipinski definition) is 2. The molecular formula is C11H22N4O. The van der Waals surface area contributed by atoms with Crippen LogP contribution in [0.15, 0.2) is 12.4 Å². The van der Waals surface area contributed by atoms with Gasteiger partial charge < -0.3 is 4.74 Å². The maximum absolute atomic E-state index is 5.62. The van der Waals surface area contributed by atoms with Crippen LogP contribution < -0.4 is 11.3 Å². The Morgan fingerprint density at radius 3 is 2.44 bits per heavy atom. The van der Waals surface area contributed by atoms with E-state index >= 15 is 0 Å². The van der Waals surface area contributed by atoms with Crippen molar-refractivity contribution < 1.29 is 4.74 Å². The third kappa shape index (κ3) is 2.81. The number of nitrogens with one attached hydrogen (secondary N) is 1. The summed E-state index contributed by atoms with van der Waals surface area (Å²) < 4.78 is 7.31. The first kappa shape index (κ1) is 13.2. The number of hydrogen-bond acceptors (Lipinski definition) is 4. The summed E-state index contributed by atoms with van der Waals surface area (Å²) in [6.07, 6.45) is 3.74. The molecule has 0 saturated heterocycles. The number of nitrogens with two attached hydrogens (primary N) is 1. The lowest BCUT2D eigenvalue weighted by Crippen LogP contribution is -2.44. The average Bonchev–Trinajstić information content (AvgIpc) is 2.58. The van der Waals surface area contributed by atoms with Gasteiger partial charge in [0.1, 0.15) is 0 Å². The van der Waals surface area contributed by atoms with Gasteiger partial charge in [-0.25, -0.2) is 0 Å². The van der Waals surface area contributed by atoms with Gasteiger partial charge in [-0.1, -0.05) is 20.8 Å². The highest BCUT2D eigenvalue weighted by Crippen LogP contribution is 2.31. The standard InChI is InChI=1S/C11H22N4O/c1-11(2,3)10(16-5)9(14-12)8-6-13-15(4)7-8/h6-7,9-10,14H,12H2,1-5H3. The third-order valence-corrected chi connectivity index (χ3v) is 2.67. The Morgan fingerprint density at radius 2 is 2.12 bits per heavy atom. The molecule has 1 aromatic rings. The highest BCUT2D eigenvalue weighted by atomic mass is 16.5. The van der Waals surface area contributed by atoms with Gasteiger partial charge in [0.2, 0.25) is 0 Å². The molecule has 1 heterocycles. The normalized spacial score (nSPS) is 16.1. The highest BCUT2D eigenvalue weighted by Gasteiger charge is 2.33. The summed E-state index contributed by atoms with van der Waals surface area (Å²) in [5, 5.41) is 4.15. The first-order valence-electron chi connectivity index (χ1n) is 5.37. The van der Waals surface area contributed by atoms with Gasteiger partial charge in [-0.2, -0.15) is 5.10 Å². The fourth-order valence-electron chi connectivity index (χ4n) is 1.95. The number of nitrogens with zero attached hydrogens (tertiary/aromatic N) is 2. The van der Waals surface area contributed by atoms with Gasteiger partial charge in [0.15, 0.2) is 0 Å². The number of ether oxygens (including phenoxy) is 1. The summed E-state index contributed by atoms with van der Waals surface area (Å²) in [7, 11) is 3.59. The number of aromatic nitrogens is 2. The average molecular weight is 226 g/mol. The van der Waals surface area contributed by atoms with Crippen molar-refractivity contribution in [3.8, 4) is 0 Å². The molecule has 0 bridgehead atoms. The van der Waals surface area contributed by atoms with Gasteiger partial charge in [0.05, 0.1) is 18.3 Å². The highest BCUT2D eigenvalue weighted by molar-refractivity contribution is 5.13. The molecule has 0 radical (unpaired) electrons. The Labute approximate surface area is 96.9 Å². The summed E-state index contributed by atoms with van der Waals surface area (Å²) in [5.41, 5.74) is 3.85. The predicted octanol–water partition coefficient (Wildman–Crippen LogP) is 0.986. The van der Waals surface area contributed by atoms with E-state index in [0.29, 0.717) is 0 Å². The zero-order valence-corrected chi connectivity index (χ0v) is 10.7. The van der Waals surface area contributed by atoms with E-state index in [1.807, 2.05) is 19.4 Å². The van der Waals surface area contributed by atoms with Crippen molar-refractivity contribution in [2.75, 3.05) is 7.11 Å². The summed E-state index contributed by atoms with van der Waals surface area (Å²) in [6.45, 7) is 6.38. The summed E-state index contributed by atoms with van der Waals surface area (Å²) >= 11 is 0. The van der Waals surface area contributed by atoms with Crippen LogP contribution in [0, 0.1) is 5.41 Å². The fraction of sp³-hybridized carbons (Fsp3) is 0.727. The summed E-state index contributed by atoms with van der Waals surface area (Å²) in [4.78, 5) is 0. The van der Waals surface area contributed by atoms with Crippen LogP contribution in [0.3, 0.4) is 0 Å². The van der Waals surface area contributed by atoms with E-state index in [1.165, 1.54) is 0 Å². The minimum atomic E-state index is -0.0568. The monoisotopic (exact) mass is 226 g/mol. The van der Waals surface area contributed by atoms with Crippen LogP contribution in [-0.4, -0.2) is 23.0 Å². The lowest BCUT2D eigenvalue weighted by molar-refractivity contribution is -0.0120. The van der Waals surface area contributed by atoms with E-state index < -0.39 is 0 Å². The molecule has 0 aliphatic rings. The van der Waals surface area contributed by atoms with Crippen molar-refractivity contribution in [3.05, 3.63) is 18.0 Å². The van der Waals surface area contributed by atoms with Crippen LogP contribution >= 0.6 is 0 Å². The topological polar surface area (TPSA) is 65.1 Å². The molecular weight excluding hydrogens is 204 g/mol. The van der Waals surface area contributed by atoms with Gasteiger partial charge in [-0.15, -0.1) is 0 Å². The SMILES string of the molecule is COC(C(NN)c1cnn(C)c1)C(C)(C)C. The van der Waals surface area contributed by atoms with Crippen molar-refractivity contribution in [1.29, 1.82) is 0 Å². The van der Waals surface area contributed by atoms with E-state index in [-0.39, 0.29) is 17.6 Å². The van der Waals surface area contributed by atoms with E-state index in [4.69, 9.17) is 10.6 Å². The van der Waals surface area contributed by atoms with E-state index in [2.05, 4.69) is 31.3 Å². The molecule has 16 heavy (non-hydrogen) atoms. The Morgan fingerprint density at radius 1 is 1.50 bits per heavy atom. The summed E-state index contributed by atoms with van der Waals surface area (Å²) in [5.74, 6) is 5.62. The molecule has 0 aromatic carbocycles. The van der Waals surface area contributed by atoms with Crippen molar-refractivity contribution in [3.63, 3.8) is 0 Å². The van der Waals surface area contributed by atoms with Crippen LogP contribution in [0.1, 0.15) is 32.4 Å². The molecule has 0 saturated carbocycles. The molecule has 1 aromatic heterocycles. The predicted molar refractivity (Wildman–Crippen MR) is 63.5 cm³/mol. The quantitative estimate of drug-likeness (QED) is 0.593. The minimum Gasteiger partial charge on any atom is -0.379 e.